The van der Waals surface area contributed by atoms with Crippen molar-refractivity contribution in [2.75, 3.05) is 4.90 Å². The Morgan fingerprint density at radius 1 is 0.296 bits per heavy atom. The summed E-state index contributed by atoms with van der Waals surface area (Å²) in [6, 6.07) is 73.5. The van der Waals surface area contributed by atoms with Crippen LogP contribution >= 0.6 is 11.3 Å². The second-order valence-corrected chi connectivity index (χ2v) is 15.2. The Labute approximate surface area is 317 Å². The SMILES string of the molecule is c1ccc(N(c2ccc(-c3cc4ccccc4c4ccccc34)cc2)c2ccc3sc4cccc(-c5ccc6c(ccc7ccccc76)c5)c4c3c2)cc1. The normalized spacial score (nSPS) is 11.7. The molecule has 0 N–H and O–H groups in total. The largest absolute Gasteiger partial charge is 0.310 e. The molecule has 0 aliphatic rings. The second-order valence-electron chi connectivity index (χ2n) is 14.1. The fraction of sp³-hybridized carbons (Fsp3) is 0. The molecule has 0 bridgehead atoms. The van der Waals surface area contributed by atoms with E-state index in [9.17, 15) is 0 Å². The van der Waals surface area contributed by atoms with Gasteiger partial charge >= 0.3 is 0 Å². The highest BCUT2D eigenvalue weighted by atomic mass is 32.1. The van der Waals surface area contributed by atoms with E-state index in [4.69, 9.17) is 0 Å². The zero-order chi connectivity index (χ0) is 35.6. The van der Waals surface area contributed by atoms with Gasteiger partial charge in [-0.05, 0) is 126 Å². The molecule has 0 aliphatic heterocycles. The zero-order valence-corrected chi connectivity index (χ0v) is 30.2. The molecule has 10 aromatic carbocycles. The number of para-hydroxylation sites is 1. The highest BCUT2D eigenvalue weighted by molar-refractivity contribution is 7.26. The molecule has 0 unspecified atom stereocenters. The maximum atomic E-state index is 2.39. The summed E-state index contributed by atoms with van der Waals surface area (Å²) in [5, 5.41) is 12.8. The first kappa shape index (κ1) is 30.8. The van der Waals surface area contributed by atoms with E-state index in [1.54, 1.807) is 0 Å². The van der Waals surface area contributed by atoms with Gasteiger partial charge in [-0.2, -0.15) is 0 Å². The molecule has 2 heteroatoms. The quantitative estimate of drug-likeness (QED) is 0.161. The molecule has 1 nitrogen and oxygen atoms in total. The van der Waals surface area contributed by atoms with Crippen molar-refractivity contribution in [2.45, 2.75) is 0 Å². The van der Waals surface area contributed by atoms with Gasteiger partial charge in [-0.25, -0.2) is 0 Å². The Kier molecular flexibility index (Phi) is 7.11. The van der Waals surface area contributed by atoms with E-state index in [-0.39, 0.29) is 0 Å². The standard InChI is InChI=1S/C52H33NS/c1-2-13-39(14-3-1)53(40-26-23-35(24-27-40)48-32-36-12-5-7-16-43(36)46-17-8-9-18-47(46)48)41-28-30-50-49(33-41)52-45(19-10-20-51(52)54-50)38-25-29-44-37(31-38)22-21-34-11-4-6-15-42(34)44/h1-33H. The number of fused-ring (bicyclic) bond motifs is 9. The van der Waals surface area contributed by atoms with Crippen LogP contribution in [0.3, 0.4) is 0 Å². The van der Waals surface area contributed by atoms with Crippen LogP contribution in [-0.4, -0.2) is 0 Å². The third-order valence-corrected chi connectivity index (χ3v) is 12.1. The van der Waals surface area contributed by atoms with E-state index in [1.165, 1.54) is 85.5 Å². The molecule has 0 aliphatic carbocycles. The third kappa shape index (κ3) is 4.99. The van der Waals surface area contributed by atoms with Crippen LogP contribution in [0.2, 0.25) is 0 Å². The third-order valence-electron chi connectivity index (χ3n) is 11.0. The van der Waals surface area contributed by atoms with E-state index >= 15 is 0 Å². The van der Waals surface area contributed by atoms with Crippen LogP contribution in [0, 0.1) is 0 Å². The summed E-state index contributed by atoms with van der Waals surface area (Å²) in [6.07, 6.45) is 0. The highest BCUT2D eigenvalue weighted by Gasteiger charge is 2.18. The Hall–Kier alpha value is -6.74. The van der Waals surface area contributed by atoms with Crippen molar-refractivity contribution in [3.05, 3.63) is 200 Å². The molecule has 0 saturated carbocycles. The highest BCUT2D eigenvalue weighted by Crippen LogP contribution is 2.45. The maximum Gasteiger partial charge on any atom is 0.0468 e. The lowest BCUT2D eigenvalue weighted by Crippen LogP contribution is -2.09. The predicted octanol–water partition coefficient (Wildman–Crippen LogP) is 15.5. The Balaban J connectivity index is 1.05. The molecule has 0 spiro atoms. The molecule has 11 rings (SSSR count). The van der Waals surface area contributed by atoms with E-state index in [0.717, 1.165) is 17.1 Å². The Morgan fingerprint density at radius 3 is 1.74 bits per heavy atom. The van der Waals surface area contributed by atoms with Crippen LogP contribution in [0.5, 0.6) is 0 Å². The van der Waals surface area contributed by atoms with Crippen LogP contribution in [0.25, 0.3) is 85.5 Å². The summed E-state index contributed by atoms with van der Waals surface area (Å²) in [4.78, 5) is 2.38. The molecule has 0 amide bonds. The molecule has 1 aromatic heterocycles. The van der Waals surface area contributed by atoms with E-state index in [1.807, 2.05) is 11.3 Å². The van der Waals surface area contributed by atoms with Crippen molar-refractivity contribution in [1.29, 1.82) is 0 Å². The molecule has 11 aromatic rings. The van der Waals surface area contributed by atoms with E-state index in [2.05, 4.69) is 205 Å². The van der Waals surface area contributed by atoms with Gasteiger partial charge in [0.25, 0.3) is 0 Å². The van der Waals surface area contributed by atoms with Gasteiger partial charge < -0.3 is 4.90 Å². The summed E-state index contributed by atoms with van der Waals surface area (Å²) in [7, 11) is 0. The van der Waals surface area contributed by atoms with E-state index in [0.29, 0.717) is 0 Å². The van der Waals surface area contributed by atoms with Crippen molar-refractivity contribution in [2.24, 2.45) is 0 Å². The molecule has 0 atom stereocenters. The lowest BCUT2D eigenvalue weighted by Gasteiger charge is -2.26. The number of benzene rings is 10. The lowest BCUT2D eigenvalue weighted by molar-refractivity contribution is 1.29. The van der Waals surface area contributed by atoms with Gasteiger partial charge in [0.05, 0.1) is 0 Å². The van der Waals surface area contributed by atoms with Gasteiger partial charge in [-0.3, -0.25) is 0 Å². The van der Waals surface area contributed by atoms with Crippen LogP contribution in [0.15, 0.2) is 200 Å². The molecule has 252 valence electrons. The van der Waals surface area contributed by atoms with Crippen molar-refractivity contribution in [3.63, 3.8) is 0 Å². The van der Waals surface area contributed by atoms with Crippen LogP contribution in [0.1, 0.15) is 0 Å². The van der Waals surface area contributed by atoms with Gasteiger partial charge in [0, 0.05) is 37.2 Å². The lowest BCUT2D eigenvalue weighted by atomic mass is 9.93. The average molecular weight is 704 g/mol. The monoisotopic (exact) mass is 703 g/mol. The van der Waals surface area contributed by atoms with Crippen LogP contribution in [0.4, 0.5) is 17.1 Å². The van der Waals surface area contributed by atoms with Gasteiger partial charge in [-0.15, -0.1) is 11.3 Å². The minimum atomic E-state index is 1.12. The van der Waals surface area contributed by atoms with Gasteiger partial charge in [0.15, 0.2) is 0 Å². The summed E-state index contributed by atoms with van der Waals surface area (Å²) < 4.78 is 2.59. The topological polar surface area (TPSA) is 3.24 Å². The minimum Gasteiger partial charge on any atom is -0.310 e. The van der Waals surface area contributed by atoms with Crippen LogP contribution in [-0.2, 0) is 0 Å². The first-order valence-electron chi connectivity index (χ1n) is 18.5. The molecule has 1 heterocycles. The Morgan fingerprint density at radius 2 is 0.907 bits per heavy atom. The Bertz CT molecular complexity index is 3210. The summed E-state index contributed by atoms with van der Waals surface area (Å²) in [6.45, 7) is 0. The number of nitrogens with zero attached hydrogens (tertiary/aromatic N) is 1. The predicted molar refractivity (Wildman–Crippen MR) is 235 cm³/mol. The average Bonchev–Trinajstić information content (AvgIpc) is 3.62. The van der Waals surface area contributed by atoms with Crippen molar-refractivity contribution >= 4 is 91.7 Å². The summed E-state index contributed by atoms with van der Waals surface area (Å²) >= 11 is 1.87. The summed E-state index contributed by atoms with van der Waals surface area (Å²) in [5.41, 5.74) is 8.35. The smallest absolute Gasteiger partial charge is 0.0468 e. The number of rotatable bonds is 5. The first-order valence-corrected chi connectivity index (χ1v) is 19.3. The fourth-order valence-corrected chi connectivity index (χ4v) is 9.60. The molecule has 0 fully saturated rings. The molecular formula is C52H33NS. The molecular weight excluding hydrogens is 671 g/mol. The molecule has 0 radical (unpaired) electrons. The fourth-order valence-electron chi connectivity index (χ4n) is 8.48. The molecule has 54 heavy (non-hydrogen) atoms. The number of hydrogen-bond acceptors (Lipinski definition) is 2. The van der Waals surface area contributed by atoms with Crippen molar-refractivity contribution < 1.29 is 0 Å². The minimum absolute atomic E-state index is 1.12. The molecule has 0 saturated heterocycles. The summed E-state index contributed by atoms with van der Waals surface area (Å²) in [5.74, 6) is 0. The second kappa shape index (κ2) is 12.4. The maximum absolute atomic E-state index is 2.39. The first-order chi connectivity index (χ1) is 26.8. The number of anilines is 3. The van der Waals surface area contributed by atoms with E-state index < -0.39 is 0 Å². The van der Waals surface area contributed by atoms with Gasteiger partial charge in [-0.1, -0.05) is 140 Å². The number of thiophene rings is 1. The van der Waals surface area contributed by atoms with Crippen molar-refractivity contribution in [1.82, 2.24) is 0 Å². The van der Waals surface area contributed by atoms with Crippen molar-refractivity contribution in [3.8, 4) is 22.3 Å². The number of hydrogen-bond donors (Lipinski definition) is 0. The van der Waals surface area contributed by atoms with Gasteiger partial charge in [0.1, 0.15) is 0 Å². The van der Waals surface area contributed by atoms with Gasteiger partial charge in [0.2, 0.25) is 0 Å². The van der Waals surface area contributed by atoms with Crippen LogP contribution < -0.4 is 4.90 Å². The zero-order valence-electron chi connectivity index (χ0n) is 29.4.